The molecule has 0 fully saturated rings. The van der Waals surface area contributed by atoms with Crippen LogP contribution < -0.4 is 16.4 Å². The van der Waals surface area contributed by atoms with E-state index in [0.717, 1.165) is 18.5 Å². The molecule has 2 aromatic rings. The Hall–Kier alpha value is -2.16. The smallest absolute Gasteiger partial charge is 0.246 e. The van der Waals surface area contributed by atoms with E-state index in [2.05, 4.69) is 26.7 Å². The number of nitrogens with zero attached hydrogens (tertiary/aromatic N) is 2. The lowest BCUT2D eigenvalue weighted by Crippen LogP contribution is -2.26. The van der Waals surface area contributed by atoms with E-state index >= 15 is 0 Å². The van der Waals surface area contributed by atoms with Crippen LogP contribution in [0, 0.1) is 0 Å². The first-order valence-electron chi connectivity index (χ1n) is 8.10. The lowest BCUT2D eigenvalue weighted by molar-refractivity contribution is -0.114. The van der Waals surface area contributed by atoms with Crippen molar-refractivity contribution in [1.82, 2.24) is 4.98 Å². The van der Waals surface area contributed by atoms with Gasteiger partial charge in [-0.2, -0.15) is 0 Å². The number of nitrogens with one attached hydrogen (secondary N) is 2. The molecule has 4 N–H and O–H groups in total. The molecule has 25 heavy (non-hydrogen) atoms. The molecule has 132 valence electrons. The molecule has 1 heterocycles. The van der Waals surface area contributed by atoms with Crippen LogP contribution in [0.5, 0.6) is 0 Å². The van der Waals surface area contributed by atoms with E-state index in [1.165, 1.54) is 24.0 Å². The van der Waals surface area contributed by atoms with Gasteiger partial charge in [0.2, 0.25) is 5.91 Å². The molecule has 0 radical (unpaired) electrons. The summed E-state index contributed by atoms with van der Waals surface area (Å²) in [5.74, 6) is 0.0122. The molecule has 0 unspecified atom stereocenters. The summed E-state index contributed by atoms with van der Waals surface area (Å²) in [4.78, 5) is 19.9. The molecule has 3 rings (SSSR count). The van der Waals surface area contributed by atoms with Crippen LogP contribution in [-0.2, 0) is 17.6 Å². The first-order valence-corrected chi connectivity index (χ1v) is 8.10. The van der Waals surface area contributed by atoms with Gasteiger partial charge < -0.3 is 16.4 Å². The minimum atomic E-state index is -0.233. The van der Waals surface area contributed by atoms with Crippen molar-refractivity contribution in [3.63, 3.8) is 0 Å². The zero-order chi connectivity index (χ0) is 16.8. The van der Waals surface area contributed by atoms with Gasteiger partial charge in [0.05, 0.1) is 11.9 Å². The summed E-state index contributed by atoms with van der Waals surface area (Å²) in [5, 5.41) is 5.84. The fourth-order valence-corrected chi connectivity index (χ4v) is 2.87. The quantitative estimate of drug-likeness (QED) is 0.379. The topological polar surface area (TPSA) is 92.4 Å². The number of hydrogen-bond donors (Lipinski definition) is 3. The van der Waals surface area contributed by atoms with Crippen molar-refractivity contribution in [2.75, 3.05) is 17.2 Å². The molecule has 7 heteroatoms. The number of anilines is 2. The van der Waals surface area contributed by atoms with Crippen molar-refractivity contribution in [1.29, 1.82) is 0 Å². The normalized spacial score (nSPS) is 13.4. The summed E-state index contributed by atoms with van der Waals surface area (Å²) in [6, 6.07) is 9.71. The molecular weight excluding hydrogens is 429 g/mol. The molecule has 0 aliphatic heterocycles. The maximum Gasteiger partial charge on any atom is 0.246 e. The standard InChI is InChI=1S/C18H21N5O.HI/c19-18(21-12-17(24)22-14-7-4-10-20-11-14)23-16-9-3-6-13-5-1-2-8-15(13)16;/h3-4,6-7,9-11H,1-2,5,8,12H2,(H,22,24)(H3,19,21,23);1H. The molecule has 6 nitrogen and oxygen atoms in total. The fourth-order valence-electron chi connectivity index (χ4n) is 2.87. The highest BCUT2D eigenvalue weighted by molar-refractivity contribution is 14.0. The first-order chi connectivity index (χ1) is 11.7. The third-order valence-electron chi connectivity index (χ3n) is 4.00. The summed E-state index contributed by atoms with van der Waals surface area (Å²) in [7, 11) is 0. The average Bonchev–Trinajstić information content (AvgIpc) is 2.61. The molecule has 0 spiro atoms. The minimum absolute atomic E-state index is 0. The van der Waals surface area contributed by atoms with Crippen molar-refractivity contribution in [3.05, 3.63) is 53.9 Å². The first kappa shape index (κ1) is 19.2. The SMILES string of the molecule is I.NC(=NCC(=O)Nc1cccnc1)Nc1cccc2c1CCCC2. The van der Waals surface area contributed by atoms with E-state index in [0.29, 0.717) is 5.69 Å². The van der Waals surface area contributed by atoms with Crippen LogP contribution in [0.25, 0.3) is 0 Å². The predicted octanol–water partition coefficient (Wildman–Crippen LogP) is 2.94. The largest absolute Gasteiger partial charge is 0.370 e. The zero-order valence-corrected chi connectivity index (χ0v) is 16.2. The van der Waals surface area contributed by atoms with Crippen molar-refractivity contribution in [2.45, 2.75) is 25.7 Å². The number of amides is 1. The van der Waals surface area contributed by atoms with E-state index in [1.54, 1.807) is 24.5 Å². The van der Waals surface area contributed by atoms with Crippen molar-refractivity contribution >= 4 is 47.2 Å². The Balaban J connectivity index is 0.00000225. The predicted molar refractivity (Wildman–Crippen MR) is 111 cm³/mol. The number of rotatable bonds is 4. The van der Waals surface area contributed by atoms with E-state index in [9.17, 15) is 4.79 Å². The maximum absolute atomic E-state index is 11.9. The fraction of sp³-hybridized carbons (Fsp3) is 0.278. The van der Waals surface area contributed by atoms with Crippen LogP contribution in [-0.4, -0.2) is 23.4 Å². The second-order valence-corrected chi connectivity index (χ2v) is 5.77. The number of hydrogen-bond acceptors (Lipinski definition) is 3. The zero-order valence-electron chi connectivity index (χ0n) is 13.9. The van der Waals surface area contributed by atoms with Crippen LogP contribution in [0.15, 0.2) is 47.7 Å². The Morgan fingerprint density at radius 1 is 1.16 bits per heavy atom. The Morgan fingerprint density at radius 2 is 2.00 bits per heavy atom. The Kier molecular flexibility index (Phi) is 7.17. The number of carbonyl (C=O) groups is 1. The number of nitrogens with two attached hydrogens (primary N) is 1. The van der Waals surface area contributed by atoms with Crippen molar-refractivity contribution in [2.24, 2.45) is 10.7 Å². The second-order valence-electron chi connectivity index (χ2n) is 5.77. The molecule has 0 bridgehead atoms. The lowest BCUT2D eigenvalue weighted by Gasteiger charge is -2.19. The van der Waals surface area contributed by atoms with Gasteiger partial charge in [-0.1, -0.05) is 12.1 Å². The summed E-state index contributed by atoms with van der Waals surface area (Å²) >= 11 is 0. The molecular formula is C18H22IN5O. The number of benzene rings is 1. The molecule has 1 aliphatic rings. The number of fused-ring (bicyclic) bond motifs is 1. The number of guanidine groups is 1. The van der Waals surface area contributed by atoms with E-state index in [1.807, 2.05) is 12.1 Å². The van der Waals surface area contributed by atoms with Crippen LogP contribution >= 0.6 is 24.0 Å². The summed E-state index contributed by atoms with van der Waals surface area (Å²) in [5.41, 5.74) is 10.2. The Labute approximate surface area is 164 Å². The van der Waals surface area contributed by atoms with Crippen molar-refractivity contribution in [3.8, 4) is 0 Å². The number of carbonyl (C=O) groups excluding carboxylic acids is 1. The molecule has 0 saturated carbocycles. The summed E-state index contributed by atoms with van der Waals surface area (Å²) in [6.45, 7) is -0.0389. The van der Waals surface area contributed by atoms with Gasteiger partial charge in [0, 0.05) is 11.9 Å². The van der Waals surface area contributed by atoms with Gasteiger partial charge in [-0.25, -0.2) is 4.99 Å². The Morgan fingerprint density at radius 3 is 2.80 bits per heavy atom. The molecule has 1 aromatic heterocycles. The van der Waals surface area contributed by atoms with Gasteiger partial charge in [0.1, 0.15) is 6.54 Å². The van der Waals surface area contributed by atoms with Gasteiger partial charge >= 0.3 is 0 Å². The molecule has 1 amide bonds. The van der Waals surface area contributed by atoms with Gasteiger partial charge in [0.15, 0.2) is 5.96 Å². The third-order valence-corrected chi connectivity index (χ3v) is 4.00. The van der Waals surface area contributed by atoms with Crippen LogP contribution in [0.4, 0.5) is 11.4 Å². The third kappa shape index (κ3) is 5.42. The van der Waals surface area contributed by atoms with Crippen LogP contribution in [0.1, 0.15) is 24.0 Å². The summed E-state index contributed by atoms with van der Waals surface area (Å²) in [6.07, 6.45) is 7.81. The molecule has 1 aliphatic carbocycles. The number of aromatic nitrogens is 1. The monoisotopic (exact) mass is 451 g/mol. The molecule has 0 saturated heterocycles. The summed E-state index contributed by atoms with van der Waals surface area (Å²) < 4.78 is 0. The minimum Gasteiger partial charge on any atom is -0.370 e. The van der Waals surface area contributed by atoms with Gasteiger partial charge in [-0.05, 0) is 55.0 Å². The van der Waals surface area contributed by atoms with Crippen LogP contribution in [0.3, 0.4) is 0 Å². The highest BCUT2D eigenvalue weighted by Gasteiger charge is 2.13. The van der Waals surface area contributed by atoms with E-state index in [-0.39, 0.29) is 42.4 Å². The maximum atomic E-state index is 11.9. The Bertz CT molecular complexity index is 748. The van der Waals surface area contributed by atoms with E-state index in [4.69, 9.17) is 5.73 Å². The van der Waals surface area contributed by atoms with Gasteiger partial charge in [-0.3, -0.25) is 9.78 Å². The van der Waals surface area contributed by atoms with Gasteiger partial charge in [-0.15, -0.1) is 24.0 Å². The number of halogens is 1. The van der Waals surface area contributed by atoms with E-state index < -0.39 is 0 Å². The molecule has 1 aromatic carbocycles. The number of aliphatic imine (C=N–C) groups is 1. The number of pyridine rings is 1. The molecule has 0 atom stereocenters. The highest BCUT2D eigenvalue weighted by atomic mass is 127. The van der Waals surface area contributed by atoms with Crippen molar-refractivity contribution < 1.29 is 4.79 Å². The number of aryl methyl sites for hydroxylation is 1. The van der Waals surface area contributed by atoms with Crippen LogP contribution in [0.2, 0.25) is 0 Å². The second kappa shape index (κ2) is 9.36. The highest BCUT2D eigenvalue weighted by Crippen LogP contribution is 2.27. The van der Waals surface area contributed by atoms with Gasteiger partial charge in [0.25, 0.3) is 0 Å². The lowest BCUT2D eigenvalue weighted by atomic mass is 9.90. The average molecular weight is 451 g/mol.